The normalized spacial score (nSPS) is 20.9. The number of fused-ring (bicyclic) bond motifs is 1. The molecule has 2 aliphatic heterocycles. The number of hydrogen-bond donors (Lipinski definition) is 1. The van der Waals surface area contributed by atoms with Crippen LogP contribution in [0.5, 0.6) is 0 Å². The van der Waals surface area contributed by atoms with E-state index in [2.05, 4.69) is 9.71 Å². The van der Waals surface area contributed by atoms with Gasteiger partial charge in [0.05, 0.1) is 25.7 Å². The highest BCUT2D eigenvalue weighted by molar-refractivity contribution is 7.90. The maximum atomic E-state index is 12.4. The van der Waals surface area contributed by atoms with Crippen molar-refractivity contribution >= 4 is 21.8 Å². The SMILES string of the molecule is COCCOCCNC(=O)C1CCCN(C2=NS(=O)(=O)c3ccccc32)C1. The Kier molecular flexibility index (Phi) is 6.46. The number of carbonyl (C=O) groups excluding carboxylic acids is 1. The van der Waals surface area contributed by atoms with Gasteiger partial charge in [-0.25, -0.2) is 0 Å². The summed E-state index contributed by atoms with van der Waals surface area (Å²) in [5, 5.41) is 2.89. The lowest BCUT2D eigenvalue weighted by Crippen LogP contribution is -2.46. The first-order valence-corrected chi connectivity index (χ1v) is 10.5. The lowest BCUT2D eigenvalue weighted by molar-refractivity contribution is -0.126. The van der Waals surface area contributed by atoms with Crippen LogP contribution in [0.2, 0.25) is 0 Å². The van der Waals surface area contributed by atoms with Crippen LogP contribution in [0.3, 0.4) is 0 Å². The predicted molar refractivity (Wildman–Crippen MR) is 100 cm³/mol. The van der Waals surface area contributed by atoms with Crippen molar-refractivity contribution in [1.29, 1.82) is 0 Å². The summed E-state index contributed by atoms with van der Waals surface area (Å²) in [5.41, 5.74) is 0.616. The van der Waals surface area contributed by atoms with Crippen LogP contribution < -0.4 is 5.32 Å². The first kappa shape index (κ1) is 19.8. The second kappa shape index (κ2) is 8.81. The quantitative estimate of drug-likeness (QED) is 0.680. The molecule has 1 fully saturated rings. The Morgan fingerprint density at radius 2 is 2.11 bits per heavy atom. The van der Waals surface area contributed by atoms with Gasteiger partial charge in [0.15, 0.2) is 5.84 Å². The highest BCUT2D eigenvalue weighted by Crippen LogP contribution is 2.29. The minimum Gasteiger partial charge on any atom is -0.382 e. The third-order valence-electron chi connectivity index (χ3n) is 4.68. The van der Waals surface area contributed by atoms with Gasteiger partial charge in [-0.1, -0.05) is 12.1 Å². The average Bonchev–Trinajstić information content (AvgIpc) is 2.96. The molecule has 2 heterocycles. The van der Waals surface area contributed by atoms with Crippen LogP contribution in [-0.4, -0.2) is 71.6 Å². The highest BCUT2D eigenvalue weighted by Gasteiger charge is 2.35. The van der Waals surface area contributed by atoms with Crippen molar-refractivity contribution < 1.29 is 22.7 Å². The molecule has 8 nitrogen and oxygen atoms in total. The summed E-state index contributed by atoms with van der Waals surface area (Å²) >= 11 is 0. The molecule has 1 aromatic carbocycles. The molecule has 3 rings (SSSR count). The zero-order valence-corrected chi connectivity index (χ0v) is 16.2. The number of methoxy groups -OCH3 is 1. The van der Waals surface area contributed by atoms with Gasteiger partial charge in [-0.3, -0.25) is 4.79 Å². The molecule has 0 bridgehead atoms. The van der Waals surface area contributed by atoms with Crippen molar-refractivity contribution in [3.63, 3.8) is 0 Å². The Hall–Kier alpha value is -1.97. The summed E-state index contributed by atoms with van der Waals surface area (Å²) in [6, 6.07) is 6.82. The number of nitrogens with one attached hydrogen (secondary N) is 1. The predicted octanol–water partition coefficient (Wildman–Crippen LogP) is 0.627. The molecule has 148 valence electrons. The third kappa shape index (κ3) is 4.66. The van der Waals surface area contributed by atoms with Gasteiger partial charge in [0.25, 0.3) is 10.0 Å². The number of piperidine rings is 1. The van der Waals surface area contributed by atoms with Crippen LogP contribution >= 0.6 is 0 Å². The van der Waals surface area contributed by atoms with Crippen molar-refractivity contribution in [1.82, 2.24) is 10.2 Å². The Labute approximate surface area is 159 Å². The minimum absolute atomic E-state index is 0.0372. The number of hydrogen-bond acceptors (Lipinski definition) is 6. The molecule has 1 amide bonds. The first-order valence-electron chi connectivity index (χ1n) is 9.06. The number of carbonyl (C=O) groups is 1. The Bertz CT molecular complexity index is 809. The lowest BCUT2D eigenvalue weighted by Gasteiger charge is -2.33. The second-order valence-corrected chi connectivity index (χ2v) is 8.14. The van der Waals surface area contributed by atoms with E-state index >= 15 is 0 Å². The summed E-state index contributed by atoms with van der Waals surface area (Å²) in [7, 11) is -2.04. The molecular weight excluding hydrogens is 370 g/mol. The molecular formula is C18H25N3O5S. The van der Waals surface area contributed by atoms with E-state index in [4.69, 9.17) is 9.47 Å². The van der Waals surface area contributed by atoms with E-state index in [1.54, 1.807) is 31.4 Å². The lowest BCUT2D eigenvalue weighted by atomic mass is 9.96. The van der Waals surface area contributed by atoms with E-state index in [9.17, 15) is 13.2 Å². The zero-order valence-electron chi connectivity index (χ0n) is 15.4. The van der Waals surface area contributed by atoms with Crippen LogP contribution in [0.4, 0.5) is 0 Å². The van der Waals surface area contributed by atoms with Crippen LogP contribution in [0.15, 0.2) is 33.6 Å². The van der Waals surface area contributed by atoms with E-state index in [0.29, 0.717) is 50.9 Å². The van der Waals surface area contributed by atoms with Crippen molar-refractivity contribution in [2.45, 2.75) is 17.7 Å². The molecule has 1 aromatic rings. The molecule has 1 N–H and O–H groups in total. The number of rotatable bonds is 7. The second-order valence-electron chi connectivity index (χ2n) is 6.57. The summed E-state index contributed by atoms with van der Waals surface area (Å²) < 4.78 is 38.7. The maximum absolute atomic E-state index is 12.4. The smallest absolute Gasteiger partial charge is 0.285 e. The van der Waals surface area contributed by atoms with Gasteiger partial charge in [0.2, 0.25) is 5.91 Å². The molecule has 27 heavy (non-hydrogen) atoms. The van der Waals surface area contributed by atoms with Crippen molar-refractivity contribution in [2.75, 3.05) is 46.6 Å². The van der Waals surface area contributed by atoms with Crippen LogP contribution in [0.25, 0.3) is 0 Å². The Morgan fingerprint density at radius 3 is 2.93 bits per heavy atom. The fourth-order valence-corrected chi connectivity index (χ4v) is 4.56. The largest absolute Gasteiger partial charge is 0.382 e. The molecule has 2 aliphatic rings. The standard InChI is InChI=1S/C18H25N3O5S/c1-25-11-12-26-10-8-19-18(22)14-5-4-9-21(13-14)17-15-6-2-3-7-16(15)27(23,24)20-17/h2-3,6-7,14H,4-5,8-13H2,1H3,(H,19,22). The summed E-state index contributed by atoms with van der Waals surface area (Å²) in [6.07, 6.45) is 1.58. The Balaban J connectivity index is 1.58. The number of amides is 1. The van der Waals surface area contributed by atoms with E-state index in [1.165, 1.54) is 0 Å². The molecule has 1 saturated heterocycles. The van der Waals surface area contributed by atoms with Gasteiger partial charge in [-0.2, -0.15) is 8.42 Å². The number of sulfonamides is 1. The van der Waals surface area contributed by atoms with Crippen molar-refractivity contribution in [2.24, 2.45) is 10.3 Å². The number of nitrogens with zero attached hydrogens (tertiary/aromatic N) is 2. The molecule has 0 spiro atoms. The molecule has 9 heteroatoms. The number of benzene rings is 1. The van der Waals surface area contributed by atoms with E-state index < -0.39 is 10.0 Å². The monoisotopic (exact) mass is 395 g/mol. The first-order chi connectivity index (χ1) is 13.0. The molecule has 0 saturated carbocycles. The van der Waals surface area contributed by atoms with Gasteiger partial charge < -0.3 is 19.7 Å². The fraction of sp³-hybridized carbons (Fsp3) is 0.556. The van der Waals surface area contributed by atoms with Gasteiger partial charge in [-0.15, -0.1) is 4.40 Å². The molecule has 1 atom stereocenters. The number of ether oxygens (including phenoxy) is 2. The van der Waals surface area contributed by atoms with Gasteiger partial charge in [0.1, 0.15) is 4.90 Å². The molecule has 0 radical (unpaired) electrons. The van der Waals surface area contributed by atoms with Gasteiger partial charge in [0, 0.05) is 32.3 Å². The average molecular weight is 395 g/mol. The van der Waals surface area contributed by atoms with Crippen LogP contribution in [0.1, 0.15) is 18.4 Å². The van der Waals surface area contributed by atoms with E-state index in [0.717, 1.165) is 12.8 Å². The van der Waals surface area contributed by atoms with Crippen molar-refractivity contribution in [3.8, 4) is 0 Å². The molecule has 0 aromatic heterocycles. The van der Waals surface area contributed by atoms with E-state index in [1.807, 2.05) is 4.90 Å². The molecule has 0 aliphatic carbocycles. The van der Waals surface area contributed by atoms with Gasteiger partial charge >= 0.3 is 0 Å². The Morgan fingerprint density at radius 1 is 1.30 bits per heavy atom. The third-order valence-corrected chi connectivity index (χ3v) is 6.01. The fourth-order valence-electron chi connectivity index (χ4n) is 3.34. The summed E-state index contributed by atoms with van der Waals surface area (Å²) in [6.45, 7) is 3.04. The zero-order chi connectivity index (χ0) is 19.3. The number of amidine groups is 1. The summed E-state index contributed by atoms with van der Waals surface area (Å²) in [4.78, 5) is 14.6. The van der Waals surface area contributed by atoms with Crippen LogP contribution in [-0.2, 0) is 24.3 Å². The van der Waals surface area contributed by atoms with Gasteiger partial charge in [-0.05, 0) is 25.0 Å². The maximum Gasteiger partial charge on any atom is 0.285 e. The minimum atomic E-state index is -3.65. The molecule has 1 unspecified atom stereocenters. The number of likely N-dealkylation sites (tertiary alicyclic amines) is 1. The topological polar surface area (TPSA) is 97.3 Å². The van der Waals surface area contributed by atoms with E-state index in [-0.39, 0.29) is 16.7 Å². The summed E-state index contributed by atoms with van der Waals surface area (Å²) in [5.74, 6) is 0.215. The van der Waals surface area contributed by atoms with Crippen molar-refractivity contribution in [3.05, 3.63) is 29.8 Å². The van der Waals surface area contributed by atoms with Crippen LogP contribution in [0, 0.1) is 5.92 Å². The highest BCUT2D eigenvalue weighted by atomic mass is 32.2.